The summed E-state index contributed by atoms with van der Waals surface area (Å²) < 4.78 is 12.7. The molecule has 3 aromatic rings. The lowest BCUT2D eigenvalue weighted by Crippen LogP contribution is -2.38. The first-order valence-electron chi connectivity index (χ1n) is 11.0. The van der Waals surface area contributed by atoms with Crippen LogP contribution in [-0.4, -0.2) is 44.8 Å². The van der Waals surface area contributed by atoms with E-state index in [1.807, 2.05) is 18.2 Å². The van der Waals surface area contributed by atoms with Gasteiger partial charge in [-0.05, 0) is 43.1 Å². The Morgan fingerprint density at radius 1 is 1.16 bits per heavy atom. The molecule has 2 aliphatic heterocycles. The quantitative estimate of drug-likeness (QED) is 0.637. The first-order valence-corrected chi connectivity index (χ1v) is 11.0. The molecule has 1 N–H and O–H groups in total. The number of anilines is 1. The third-order valence-corrected chi connectivity index (χ3v) is 5.80. The van der Waals surface area contributed by atoms with E-state index in [9.17, 15) is 4.79 Å². The molecule has 32 heavy (non-hydrogen) atoms. The van der Waals surface area contributed by atoms with Crippen LogP contribution in [0.5, 0.6) is 11.5 Å². The summed E-state index contributed by atoms with van der Waals surface area (Å²) in [5.41, 5.74) is 0.944. The molecule has 1 amide bonds. The molecule has 0 aliphatic carbocycles. The lowest BCUT2D eigenvalue weighted by Gasteiger charge is -2.25. The Balaban J connectivity index is 1.43. The van der Waals surface area contributed by atoms with Gasteiger partial charge in [0, 0.05) is 31.1 Å². The number of hydrogen-bond acceptors (Lipinski definition) is 7. The number of nitrogens with one attached hydrogen (secondary N) is 1. The number of ether oxygens (including phenoxy) is 2. The van der Waals surface area contributed by atoms with Crippen molar-refractivity contribution in [3.63, 3.8) is 0 Å². The monoisotopic (exact) mass is 434 g/mol. The van der Waals surface area contributed by atoms with Gasteiger partial charge in [-0.1, -0.05) is 18.9 Å². The number of nitrogens with zero attached hydrogens (tertiary/aromatic N) is 5. The summed E-state index contributed by atoms with van der Waals surface area (Å²) in [5.74, 6) is 2.47. The van der Waals surface area contributed by atoms with E-state index in [4.69, 9.17) is 9.47 Å². The topological polar surface area (TPSA) is 94.4 Å². The smallest absolute Gasteiger partial charge is 0.236 e. The number of carbonyl (C=O) groups excluding carboxylic acids is 1. The number of rotatable bonds is 6. The zero-order chi connectivity index (χ0) is 21.8. The van der Waals surface area contributed by atoms with Crippen molar-refractivity contribution in [3.05, 3.63) is 54.7 Å². The molecular weight excluding hydrogens is 408 g/mol. The Morgan fingerprint density at radius 2 is 2.09 bits per heavy atom. The zero-order valence-electron chi connectivity index (χ0n) is 17.8. The molecule has 1 aromatic carbocycles. The van der Waals surface area contributed by atoms with Crippen molar-refractivity contribution in [2.24, 2.45) is 0 Å². The van der Waals surface area contributed by atoms with Crippen LogP contribution in [0.4, 0.5) is 5.82 Å². The van der Waals surface area contributed by atoms with Gasteiger partial charge in [0.1, 0.15) is 12.1 Å². The summed E-state index contributed by atoms with van der Waals surface area (Å²) in [6.45, 7) is 1.55. The maximum absolute atomic E-state index is 13.5. The summed E-state index contributed by atoms with van der Waals surface area (Å²) in [5, 5.41) is 3.52. The number of aromatic nitrogens is 4. The van der Waals surface area contributed by atoms with Gasteiger partial charge >= 0.3 is 0 Å². The molecular formula is C23H26N6O3. The van der Waals surface area contributed by atoms with Crippen molar-refractivity contribution >= 4 is 11.7 Å². The molecule has 1 saturated heterocycles. The van der Waals surface area contributed by atoms with Crippen LogP contribution < -0.4 is 19.7 Å². The minimum Gasteiger partial charge on any atom is -0.454 e. The van der Waals surface area contributed by atoms with E-state index >= 15 is 0 Å². The molecule has 1 atom stereocenters. The first-order chi connectivity index (χ1) is 15.8. The minimum atomic E-state index is 0.0253. The highest BCUT2D eigenvalue weighted by Gasteiger charge is 2.24. The van der Waals surface area contributed by atoms with Crippen LogP contribution in [0.1, 0.15) is 37.7 Å². The summed E-state index contributed by atoms with van der Waals surface area (Å²) in [6.07, 6.45) is 11.7. The number of carbonyl (C=O) groups is 1. The molecule has 166 valence electrons. The third kappa shape index (κ3) is 4.57. The van der Waals surface area contributed by atoms with Crippen LogP contribution >= 0.6 is 0 Å². The van der Waals surface area contributed by atoms with Crippen molar-refractivity contribution in [2.45, 2.75) is 44.7 Å². The Bertz CT molecular complexity index is 1060. The van der Waals surface area contributed by atoms with Crippen LogP contribution in [-0.2, 0) is 11.3 Å². The van der Waals surface area contributed by atoms with Gasteiger partial charge in [-0.25, -0.2) is 9.97 Å². The molecule has 4 heterocycles. The Hall–Kier alpha value is -3.46. The maximum Gasteiger partial charge on any atom is 0.236 e. The fraction of sp³-hybridized carbons (Fsp3) is 0.391. The highest BCUT2D eigenvalue weighted by Crippen LogP contribution is 2.33. The Morgan fingerprint density at radius 3 is 3.00 bits per heavy atom. The molecule has 5 rings (SSSR count). The lowest BCUT2D eigenvalue weighted by molar-refractivity contribution is -0.119. The predicted octanol–water partition coefficient (Wildman–Crippen LogP) is 2.85. The lowest BCUT2D eigenvalue weighted by atomic mass is 10.1. The normalized spacial score (nSPS) is 17.7. The zero-order valence-corrected chi connectivity index (χ0v) is 17.8. The SMILES string of the molecule is O=C(CC1CCCCCN1)N(Cc1ccc2c(c1)OCO2)c1ccnc(-n2ccnc2)n1. The van der Waals surface area contributed by atoms with Gasteiger partial charge in [0.25, 0.3) is 0 Å². The average Bonchev–Trinajstić information content (AvgIpc) is 3.46. The molecule has 0 saturated carbocycles. The summed E-state index contributed by atoms with van der Waals surface area (Å²) in [6, 6.07) is 7.70. The van der Waals surface area contributed by atoms with E-state index in [0.29, 0.717) is 30.5 Å². The molecule has 9 nitrogen and oxygen atoms in total. The number of amides is 1. The average molecular weight is 435 g/mol. The van der Waals surface area contributed by atoms with E-state index in [2.05, 4.69) is 20.3 Å². The van der Waals surface area contributed by atoms with Crippen molar-refractivity contribution in [1.82, 2.24) is 24.8 Å². The predicted molar refractivity (Wildman–Crippen MR) is 118 cm³/mol. The van der Waals surface area contributed by atoms with Crippen molar-refractivity contribution in [3.8, 4) is 17.4 Å². The summed E-state index contributed by atoms with van der Waals surface area (Å²) in [4.78, 5) is 28.3. The second kappa shape index (κ2) is 9.35. The summed E-state index contributed by atoms with van der Waals surface area (Å²) in [7, 11) is 0. The molecule has 0 bridgehead atoms. The van der Waals surface area contributed by atoms with E-state index in [1.165, 1.54) is 6.42 Å². The second-order valence-electron chi connectivity index (χ2n) is 8.06. The van der Waals surface area contributed by atoms with E-state index in [1.54, 1.807) is 40.5 Å². The standard InChI is InChI=1S/C23H26N6O3/c30-22(13-18-4-2-1-3-8-25-18)29(14-17-5-6-19-20(12-17)32-16-31-19)21-7-9-26-23(27-21)28-11-10-24-15-28/h5-7,9-12,15,18,25H,1-4,8,13-14,16H2. The molecule has 2 aliphatic rings. The van der Waals surface area contributed by atoms with Crippen LogP contribution in [0.15, 0.2) is 49.2 Å². The van der Waals surface area contributed by atoms with Crippen molar-refractivity contribution < 1.29 is 14.3 Å². The van der Waals surface area contributed by atoms with Gasteiger partial charge in [0.15, 0.2) is 11.5 Å². The minimum absolute atomic E-state index is 0.0253. The Kier molecular flexibility index (Phi) is 5.98. The van der Waals surface area contributed by atoms with E-state index < -0.39 is 0 Å². The fourth-order valence-electron chi connectivity index (χ4n) is 4.11. The molecule has 0 spiro atoms. The van der Waals surface area contributed by atoms with Gasteiger partial charge < -0.3 is 14.8 Å². The second-order valence-corrected chi connectivity index (χ2v) is 8.06. The number of hydrogen-bond donors (Lipinski definition) is 1. The molecule has 2 aromatic heterocycles. The van der Waals surface area contributed by atoms with E-state index in [-0.39, 0.29) is 18.7 Å². The molecule has 0 radical (unpaired) electrons. The summed E-state index contributed by atoms with van der Waals surface area (Å²) >= 11 is 0. The fourth-order valence-corrected chi connectivity index (χ4v) is 4.11. The highest BCUT2D eigenvalue weighted by atomic mass is 16.7. The maximum atomic E-state index is 13.5. The number of benzene rings is 1. The highest BCUT2D eigenvalue weighted by molar-refractivity contribution is 5.92. The van der Waals surface area contributed by atoms with E-state index in [0.717, 1.165) is 37.1 Å². The number of fused-ring (bicyclic) bond motifs is 1. The van der Waals surface area contributed by atoms with Crippen molar-refractivity contribution in [2.75, 3.05) is 18.2 Å². The Labute approximate surface area is 186 Å². The molecule has 1 unspecified atom stereocenters. The molecule has 9 heteroatoms. The first kappa shape index (κ1) is 20.4. The van der Waals surface area contributed by atoms with Crippen LogP contribution in [0.2, 0.25) is 0 Å². The van der Waals surface area contributed by atoms with Gasteiger partial charge in [0.05, 0.1) is 6.54 Å². The van der Waals surface area contributed by atoms with Crippen LogP contribution in [0, 0.1) is 0 Å². The number of imidazole rings is 1. The third-order valence-electron chi connectivity index (χ3n) is 5.80. The van der Waals surface area contributed by atoms with Crippen LogP contribution in [0.25, 0.3) is 5.95 Å². The van der Waals surface area contributed by atoms with Gasteiger partial charge in [-0.2, -0.15) is 4.98 Å². The van der Waals surface area contributed by atoms with Gasteiger partial charge in [-0.3, -0.25) is 14.3 Å². The van der Waals surface area contributed by atoms with Crippen LogP contribution in [0.3, 0.4) is 0 Å². The van der Waals surface area contributed by atoms with Gasteiger partial charge in [0.2, 0.25) is 18.6 Å². The largest absolute Gasteiger partial charge is 0.454 e. The molecule has 1 fully saturated rings. The van der Waals surface area contributed by atoms with Gasteiger partial charge in [-0.15, -0.1) is 0 Å². The van der Waals surface area contributed by atoms with Crippen molar-refractivity contribution in [1.29, 1.82) is 0 Å².